The van der Waals surface area contributed by atoms with Gasteiger partial charge in [-0.1, -0.05) is 22.9 Å². The summed E-state index contributed by atoms with van der Waals surface area (Å²) in [6.07, 6.45) is 1.68. The zero-order valence-electron chi connectivity index (χ0n) is 4.41. The summed E-state index contributed by atoms with van der Waals surface area (Å²) in [4.78, 5) is 10.4. The molecule has 42 valence electrons. The molecule has 0 heterocycles. The van der Waals surface area contributed by atoms with E-state index in [1.807, 2.05) is 6.92 Å². The molecular formula is C5H9BrO. The number of ketones is 1. The maximum Gasteiger partial charge on any atom is 0.143 e. The van der Waals surface area contributed by atoms with Gasteiger partial charge in [0, 0.05) is 6.42 Å². The summed E-state index contributed by atoms with van der Waals surface area (Å²) in [6, 6.07) is 0. The van der Waals surface area contributed by atoms with Crippen LogP contribution in [0, 0.1) is 0 Å². The molecule has 0 aliphatic rings. The standard InChI is InChI=1S/C5H9BrO/c1-2-3-5(7)4-6/h2-4H2,1H3. The Labute approximate surface area is 52.2 Å². The molecule has 0 aromatic carbocycles. The fourth-order valence-electron chi connectivity index (χ4n) is 0.346. The lowest BCUT2D eigenvalue weighted by Gasteiger charge is -1.86. The molecule has 0 saturated heterocycles. The van der Waals surface area contributed by atoms with Gasteiger partial charge in [0.05, 0.1) is 5.33 Å². The van der Waals surface area contributed by atoms with Crippen molar-refractivity contribution in [1.29, 1.82) is 0 Å². The molecule has 2 heteroatoms. The van der Waals surface area contributed by atoms with Crippen molar-refractivity contribution in [2.45, 2.75) is 19.8 Å². The molecule has 0 rings (SSSR count). The molecule has 0 atom stereocenters. The Bertz CT molecular complexity index is 61.1. The number of carbonyl (C=O) groups excluding carboxylic acids is 1. The van der Waals surface area contributed by atoms with Crippen LogP contribution in [0.3, 0.4) is 0 Å². The van der Waals surface area contributed by atoms with Gasteiger partial charge in [-0.2, -0.15) is 0 Å². The van der Waals surface area contributed by atoms with Crippen LogP contribution in [0.15, 0.2) is 0 Å². The predicted octanol–water partition coefficient (Wildman–Crippen LogP) is 1.75. The number of Topliss-reactive ketones (excluding diaryl/α,β-unsaturated/α-hetero) is 1. The largest absolute Gasteiger partial charge is 0.299 e. The minimum absolute atomic E-state index is 0.294. The molecule has 0 bridgehead atoms. The van der Waals surface area contributed by atoms with Gasteiger partial charge in [-0.3, -0.25) is 4.79 Å². The fourth-order valence-corrected chi connectivity index (χ4v) is 0.626. The van der Waals surface area contributed by atoms with Crippen molar-refractivity contribution in [3.05, 3.63) is 0 Å². The molecule has 1 nitrogen and oxygen atoms in total. The number of carbonyl (C=O) groups is 1. The first-order chi connectivity index (χ1) is 3.31. The van der Waals surface area contributed by atoms with E-state index in [0.29, 0.717) is 17.5 Å². The van der Waals surface area contributed by atoms with Gasteiger partial charge in [0.2, 0.25) is 0 Å². The van der Waals surface area contributed by atoms with Crippen molar-refractivity contribution >= 4 is 21.7 Å². The van der Waals surface area contributed by atoms with E-state index in [1.165, 1.54) is 0 Å². The first-order valence-corrected chi connectivity index (χ1v) is 3.51. The predicted molar refractivity (Wildman–Crippen MR) is 33.7 cm³/mol. The average molecular weight is 165 g/mol. The van der Waals surface area contributed by atoms with E-state index in [1.54, 1.807) is 0 Å². The minimum atomic E-state index is 0.294. The summed E-state index contributed by atoms with van der Waals surface area (Å²) >= 11 is 3.07. The van der Waals surface area contributed by atoms with E-state index in [4.69, 9.17) is 0 Å². The molecule has 0 aromatic heterocycles. The molecule has 0 radical (unpaired) electrons. The molecule has 7 heavy (non-hydrogen) atoms. The third-order valence-corrected chi connectivity index (χ3v) is 1.30. The quantitative estimate of drug-likeness (QED) is 0.582. The molecule has 0 aliphatic heterocycles. The lowest BCUT2D eigenvalue weighted by Crippen LogP contribution is -1.95. The van der Waals surface area contributed by atoms with Crippen molar-refractivity contribution in [3.8, 4) is 0 Å². The first-order valence-electron chi connectivity index (χ1n) is 2.39. The molecule has 0 saturated carbocycles. The third kappa shape index (κ3) is 3.99. The third-order valence-electron chi connectivity index (χ3n) is 0.678. The number of hydrogen-bond acceptors (Lipinski definition) is 1. The van der Waals surface area contributed by atoms with Crippen molar-refractivity contribution in [2.24, 2.45) is 0 Å². The Morgan fingerprint density at radius 3 is 2.43 bits per heavy atom. The highest BCUT2D eigenvalue weighted by Crippen LogP contribution is 1.91. The topological polar surface area (TPSA) is 17.1 Å². The van der Waals surface area contributed by atoms with E-state index in [2.05, 4.69) is 15.9 Å². The monoisotopic (exact) mass is 164 g/mol. The van der Waals surface area contributed by atoms with Crippen LogP contribution in [0.4, 0.5) is 0 Å². The lowest BCUT2D eigenvalue weighted by atomic mass is 10.3. The number of halogens is 1. The highest BCUT2D eigenvalue weighted by molar-refractivity contribution is 9.09. The summed E-state index contributed by atoms with van der Waals surface area (Å²) in [6.45, 7) is 2.00. The molecular weight excluding hydrogens is 156 g/mol. The summed E-state index contributed by atoms with van der Waals surface area (Å²) < 4.78 is 0. The smallest absolute Gasteiger partial charge is 0.143 e. The van der Waals surface area contributed by atoms with Crippen molar-refractivity contribution in [1.82, 2.24) is 0 Å². The molecule has 0 spiro atoms. The van der Waals surface area contributed by atoms with Crippen LogP contribution in [0.5, 0.6) is 0 Å². The average Bonchev–Trinajstić information content (AvgIpc) is 1.68. The zero-order chi connectivity index (χ0) is 5.70. The normalized spacial score (nSPS) is 8.86. The van der Waals surface area contributed by atoms with Gasteiger partial charge in [-0.15, -0.1) is 0 Å². The second-order valence-corrected chi connectivity index (χ2v) is 1.98. The Kier molecular flexibility index (Phi) is 4.41. The maximum absolute atomic E-state index is 10.4. The van der Waals surface area contributed by atoms with Gasteiger partial charge in [0.25, 0.3) is 0 Å². The Morgan fingerprint density at radius 1 is 1.71 bits per heavy atom. The van der Waals surface area contributed by atoms with Gasteiger partial charge in [-0.25, -0.2) is 0 Å². The lowest BCUT2D eigenvalue weighted by molar-refractivity contribution is -0.116. The summed E-state index contributed by atoms with van der Waals surface area (Å²) in [7, 11) is 0. The molecule has 0 amide bonds. The van der Waals surface area contributed by atoms with Gasteiger partial charge in [0.15, 0.2) is 0 Å². The highest BCUT2D eigenvalue weighted by atomic mass is 79.9. The van der Waals surface area contributed by atoms with E-state index in [-0.39, 0.29) is 0 Å². The van der Waals surface area contributed by atoms with Crippen LogP contribution >= 0.6 is 15.9 Å². The van der Waals surface area contributed by atoms with Crippen LogP contribution in [-0.2, 0) is 4.79 Å². The first kappa shape index (κ1) is 7.15. The van der Waals surface area contributed by atoms with E-state index >= 15 is 0 Å². The van der Waals surface area contributed by atoms with Gasteiger partial charge >= 0.3 is 0 Å². The van der Waals surface area contributed by atoms with Crippen LogP contribution in [0.2, 0.25) is 0 Å². The number of alkyl halides is 1. The van der Waals surface area contributed by atoms with Gasteiger partial charge in [-0.05, 0) is 6.42 Å². The van der Waals surface area contributed by atoms with Crippen LogP contribution in [0.25, 0.3) is 0 Å². The molecule has 0 fully saturated rings. The molecule has 0 unspecified atom stereocenters. The van der Waals surface area contributed by atoms with Crippen LogP contribution in [-0.4, -0.2) is 11.1 Å². The minimum Gasteiger partial charge on any atom is -0.299 e. The Balaban J connectivity index is 3.00. The van der Waals surface area contributed by atoms with Crippen LogP contribution < -0.4 is 0 Å². The molecule has 0 aliphatic carbocycles. The van der Waals surface area contributed by atoms with E-state index in [9.17, 15) is 4.79 Å². The second-order valence-electron chi connectivity index (χ2n) is 1.42. The number of rotatable bonds is 3. The Morgan fingerprint density at radius 2 is 2.29 bits per heavy atom. The summed E-state index contributed by atoms with van der Waals surface area (Å²) in [5.74, 6) is 0.294. The van der Waals surface area contributed by atoms with Gasteiger partial charge in [0.1, 0.15) is 5.78 Å². The van der Waals surface area contributed by atoms with Crippen molar-refractivity contribution < 1.29 is 4.79 Å². The van der Waals surface area contributed by atoms with Crippen molar-refractivity contribution in [3.63, 3.8) is 0 Å². The van der Waals surface area contributed by atoms with Crippen molar-refractivity contribution in [2.75, 3.05) is 5.33 Å². The summed E-state index contributed by atoms with van der Waals surface area (Å²) in [5.41, 5.74) is 0. The Hall–Kier alpha value is 0.150. The van der Waals surface area contributed by atoms with Gasteiger partial charge < -0.3 is 0 Å². The highest BCUT2D eigenvalue weighted by Gasteiger charge is 1.92. The van der Waals surface area contributed by atoms with E-state index in [0.717, 1.165) is 6.42 Å². The SMILES string of the molecule is CCCC(=O)CBr. The molecule has 0 aromatic rings. The zero-order valence-corrected chi connectivity index (χ0v) is 5.99. The fraction of sp³-hybridized carbons (Fsp3) is 0.800. The van der Waals surface area contributed by atoms with E-state index < -0.39 is 0 Å². The maximum atomic E-state index is 10.4. The summed E-state index contributed by atoms with van der Waals surface area (Å²) in [5, 5.41) is 0.515. The molecule has 0 N–H and O–H groups in total. The van der Waals surface area contributed by atoms with Crippen LogP contribution in [0.1, 0.15) is 19.8 Å². The second kappa shape index (κ2) is 4.31. The number of hydrogen-bond donors (Lipinski definition) is 0.